The number of rotatable bonds is 9. The normalized spacial score (nSPS) is 10.9. The summed E-state index contributed by atoms with van der Waals surface area (Å²) in [6.07, 6.45) is 0.845. The lowest BCUT2D eigenvalue weighted by atomic mass is 10.2. The van der Waals surface area contributed by atoms with Crippen molar-refractivity contribution in [1.82, 2.24) is 15.5 Å². The second-order valence-corrected chi connectivity index (χ2v) is 6.36. The predicted octanol–water partition coefficient (Wildman–Crippen LogP) is 3.16. The Morgan fingerprint density at radius 1 is 1.27 bits per heavy atom. The smallest absolute Gasteiger partial charge is 0.241 e. The standard InChI is InChI=1S/C17H26Cl2N4O2.HI/c1-4-25-9-5-8-20-17(22-12-16(24)23(2)3)21-11-13-6-7-14(18)10-15(13)19;/h6-7,10H,4-5,8-9,11-12H2,1-3H3,(H2,20,21,22);1H. The summed E-state index contributed by atoms with van der Waals surface area (Å²) in [4.78, 5) is 17.8. The number of aliphatic imine (C=N–C) groups is 1. The average Bonchev–Trinajstić information content (AvgIpc) is 2.57. The van der Waals surface area contributed by atoms with Gasteiger partial charge in [0.1, 0.15) is 0 Å². The number of benzene rings is 1. The van der Waals surface area contributed by atoms with Gasteiger partial charge in [0.25, 0.3) is 0 Å². The number of nitrogens with one attached hydrogen (secondary N) is 2. The van der Waals surface area contributed by atoms with Crippen LogP contribution in [-0.4, -0.2) is 57.2 Å². The van der Waals surface area contributed by atoms with Crippen molar-refractivity contribution >= 4 is 59.0 Å². The average molecular weight is 517 g/mol. The summed E-state index contributed by atoms with van der Waals surface area (Å²) in [7, 11) is 3.42. The number of ether oxygens (including phenoxy) is 1. The van der Waals surface area contributed by atoms with Crippen LogP contribution in [0.4, 0.5) is 0 Å². The van der Waals surface area contributed by atoms with E-state index in [9.17, 15) is 4.79 Å². The quantitative estimate of drug-likeness (QED) is 0.229. The van der Waals surface area contributed by atoms with E-state index in [1.807, 2.05) is 13.0 Å². The van der Waals surface area contributed by atoms with Gasteiger partial charge in [-0.05, 0) is 31.0 Å². The van der Waals surface area contributed by atoms with Gasteiger partial charge in [-0.25, -0.2) is 4.99 Å². The minimum atomic E-state index is -0.0339. The maximum atomic E-state index is 11.8. The number of carbonyl (C=O) groups is 1. The Hall–Kier alpha value is -0.770. The molecule has 0 aliphatic heterocycles. The molecule has 0 unspecified atom stereocenters. The maximum Gasteiger partial charge on any atom is 0.241 e. The number of hydrogen-bond acceptors (Lipinski definition) is 3. The second kappa shape index (κ2) is 14.3. The van der Waals surface area contributed by atoms with E-state index in [2.05, 4.69) is 15.6 Å². The third-order valence-electron chi connectivity index (χ3n) is 3.29. The molecule has 9 heteroatoms. The molecule has 1 amide bonds. The Labute approximate surface area is 182 Å². The van der Waals surface area contributed by atoms with Gasteiger partial charge < -0.3 is 20.3 Å². The van der Waals surface area contributed by atoms with Crippen molar-refractivity contribution in [2.24, 2.45) is 4.99 Å². The van der Waals surface area contributed by atoms with Gasteiger partial charge in [0.05, 0.1) is 13.1 Å². The van der Waals surface area contributed by atoms with E-state index >= 15 is 0 Å². The van der Waals surface area contributed by atoms with E-state index in [1.165, 1.54) is 4.90 Å². The summed E-state index contributed by atoms with van der Waals surface area (Å²) >= 11 is 12.1. The number of halogens is 3. The van der Waals surface area contributed by atoms with E-state index in [0.29, 0.717) is 42.3 Å². The van der Waals surface area contributed by atoms with Gasteiger partial charge in [0.2, 0.25) is 5.91 Å². The topological polar surface area (TPSA) is 66.0 Å². The van der Waals surface area contributed by atoms with Gasteiger partial charge in [-0.3, -0.25) is 4.79 Å². The van der Waals surface area contributed by atoms with Gasteiger partial charge in [-0.1, -0.05) is 29.3 Å². The Kier molecular flexibility index (Phi) is 13.9. The summed E-state index contributed by atoms with van der Waals surface area (Å²) < 4.78 is 5.31. The molecule has 1 aromatic rings. The molecule has 0 bridgehead atoms. The zero-order valence-electron chi connectivity index (χ0n) is 15.3. The largest absolute Gasteiger partial charge is 0.382 e. The number of likely N-dealkylation sites (N-methyl/N-ethyl adjacent to an activating group) is 1. The first kappa shape index (κ1) is 25.2. The lowest BCUT2D eigenvalue weighted by molar-refractivity contribution is -0.127. The van der Waals surface area contributed by atoms with Crippen LogP contribution in [0.5, 0.6) is 0 Å². The van der Waals surface area contributed by atoms with E-state index < -0.39 is 0 Å². The van der Waals surface area contributed by atoms with Crippen LogP contribution < -0.4 is 10.6 Å². The first-order valence-corrected chi connectivity index (χ1v) is 8.93. The molecule has 0 spiro atoms. The van der Waals surface area contributed by atoms with Crippen molar-refractivity contribution in [3.8, 4) is 0 Å². The van der Waals surface area contributed by atoms with Crippen molar-refractivity contribution in [2.75, 3.05) is 40.4 Å². The Morgan fingerprint density at radius 2 is 2.00 bits per heavy atom. The summed E-state index contributed by atoms with van der Waals surface area (Å²) in [5.74, 6) is 0.519. The van der Waals surface area contributed by atoms with Crippen LogP contribution in [0.25, 0.3) is 0 Å². The fourth-order valence-electron chi connectivity index (χ4n) is 1.83. The van der Waals surface area contributed by atoms with E-state index in [0.717, 1.165) is 12.0 Å². The fraction of sp³-hybridized carbons (Fsp3) is 0.529. The second-order valence-electron chi connectivity index (χ2n) is 5.52. The first-order valence-electron chi connectivity index (χ1n) is 8.18. The van der Waals surface area contributed by atoms with Crippen LogP contribution >= 0.6 is 47.2 Å². The minimum Gasteiger partial charge on any atom is -0.382 e. The molecule has 148 valence electrons. The highest BCUT2D eigenvalue weighted by atomic mass is 127. The molecular formula is C17H27Cl2IN4O2. The number of carbonyl (C=O) groups excluding carboxylic acids is 1. The predicted molar refractivity (Wildman–Crippen MR) is 119 cm³/mol. The van der Waals surface area contributed by atoms with Crippen molar-refractivity contribution in [1.29, 1.82) is 0 Å². The molecule has 0 radical (unpaired) electrons. The van der Waals surface area contributed by atoms with Crippen molar-refractivity contribution in [2.45, 2.75) is 19.9 Å². The lowest BCUT2D eigenvalue weighted by Crippen LogP contribution is -2.43. The molecule has 1 rings (SSSR count). The molecule has 0 atom stereocenters. The van der Waals surface area contributed by atoms with Crippen LogP contribution in [0, 0.1) is 0 Å². The highest BCUT2D eigenvalue weighted by molar-refractivity contribution is 14.0. The third-order valence-corrected chi connectivity index (χ3v) is 3.88. The molecule has 0 heterocycles. The SMILES string of the molecule is CCOCCCNC(=NCc1ccc(Cl)cc1Cl)NCC(=O)N(C)C.I. The van der Waals surface area contributed by atoms with Crippen LogP contribution in [0.1, 0.15) is 18.9 Å². The van der Waals surface area contributed by atoms with Crippen LogP contribution in [-0.2, 0) is 16.1 Å². The Bertz CT molecular complexity index is 586. The number of guanidine groups is 1. The molecule has 0 saturated heterocycles. The lowest BCUT2D eigenvalue weighted by Gasteiger charge is -2.15. The van der Waals surface area contributed by atoms with Crippen molar-refractivity contribution in [3.05, 3.63) is 33.8 Å². The van der Waals surface area contributed by atoms with Gasteiger partial charge in [0.15, 0.2) is 5.96 Å². The molecule has 26 heavy (non-hydrogen) atoms. The fourth-order valence-corrected chi connectivity index (χ4v) is 2.30. The monoisotopic (exact) mass is 516 g/mol. The van der Waals surface area contributed by atoms with Gasteiger partial charge in [-0.2, -0.15) is 0 Å². The van der Waals surface area contributed by atoms with E-state index in [-0.39, 0.29) is 36.4 Å². The molecule has 0 fully saturated rings. The Balaban J connectivity index is 0.00000625. The van der Waals surface area contributed by atoms with Crippen LogP contribution in [0.2, 0.25) is 10.0 Å². The molecule has 0 aromatic heterocycles. The Morgan fingerprint density at radius 3 is 2.62 bits per heavy atom. The van der Waals surface area contributed by atoms with Crippen LogP contribution in [0.3, 0.4) is 0 Å². The molecule has 6 nitrogen and oxygen atoms in total. The summed E-state index contributed by atoms with van der Waals surface area (Å²) in [6.45, 7) is 4.58. The zero-order valence-corrected chi connectivity index (χ0v) is 19.2. The molecule has 0 aliphatic carbocycles. The molecule has 0 saturated carbocycles. The van der Waals surface area contributed by atoms with Gasteiger partial charge in [0, 0.05) is 43.9 Å². The summed E-state index contributed by atoms with van der Waals surface area (Å²) in [5.41, 5.74) is 0.861. The molecule has 2 N–H and O–H groups in total. The van der Waals surface area contributed by atoms with Crippen molar-refractivity contribution in [3.63, 3.8) is 0 Å². The number of amides is 1. The number of nitrogens with zero attached hydrogens (tertiary/aromatic N) is 2. The molecule has 1 aromatic carbocycles. The molecular weight excluding hydrogens is 490 g/mol. The van der Waals surface area contributed by atoms with Crippen LogP contribution in [0.15, 0.2) is 23.2 Å². The minimum absolute atomic E-state index is 0. The van der Waals surface area contributed by atoms with Gasteiger partial charge in [-0.15, -0.1) is 24.0 Å². The summed E-state index contributed by atoms with van der Waals surface area (Å²) in [6, 6.07) is 5.30. The first-order chi connectivity index (χ1) is 11.9. The van der Waals surface area contributed by atoms with E-state index in [1.54, 1.807) is 26.2 Å². The summed E-state index contributed by atoms with van der Waals surface area (Å²) in [5, 5.41) is 7.37. The third kappa shape index (κ3) is 10.4. The highest BCUT2D eigenvalue weighted by Crippen LogP contribution is 2.21. The maximum absolute atomic E-state index is 11.8. The van der Waals surface area contributed by atoms with E-state index in [4.69, 9.17) is 27.9 Å². The highest BCUT2D eigenvalue weighted by Gasteiger charge is 2.07. The number of hydrogen-bond donors (Lipinski definition) is 2. The van der Waals surface area contributed by atoms with Crippen molar-refractivity contribution < 1.29 is 9.53 Å². The van der Waals surface area contributed by atoms with Gasteiger partial charge >= 0.3 is 0 Å². The zero-order chi connectivity index (χ0) is 18.7. The molecule has 0 aliphatic rings.